The van der Waals surface area contributed by atoms with Gasteiger partial charge in [-0.3, -0.25) is 9.89 Å². The number of rotatable bonds is 1. The number of aromatic amines is 1. The molecule has 17 heavy (non-hydrogen) atoms. The molecule has 0 bridgehead atoms. The summed E-state index contributed by atoms with van der Waals surface area (Å²) in [5.41, 5.74) is 1.69. The molecule has 1 N–H and O–H groups in total. The van der Waals surface area contributed by atoms with Gasteiger partial charge in [0.25, 0.3) is 5.56 Å². The summed E-state index contributed by atoms with van der Waals surface area (Å²) in [6.45, 7) is 2.27. The molecule has 1 fully saturated rings. The first-order valence-electron chi connectivity index (χ1n) is 6.33. The van der Waals surface area contributed by atoms with E-state index >= 15 is 0 Å². The van der Waals surface area contributed by atoms with Gasteiger partial charge >= 0.3 is 0 Å². The molecule has 1 aliphatic carbocycles. The van der Waals surface area contributed by atoms with E-state index < -0.39 is 0 Å². The Morgan fingerprint density at radius 1 is 1.41 bits per heavy atom. The molecule has 4 heteroatoms. The van der Waals surface area contributed by atoms with E-state index in [4.69, 9.17) is 0 Å². The summed E-state index contributed by atoms with van der Waals surface area (Å²) in [7, 11) is 0. The molecule has 90 valence electrons. The minimum Gasteiger partial charge on any atom is -0.297 e. The molecule has 0 aromatic carbocycles. The number of nitrogens with one attached hydrogen (secondary N) is 1. The van der Waals surface area contributed by atoms with Gasteiger partial charge in [0, 0.05) is 24.2 Å². The molecule has 3 rings (SSSR count). The van der Waals surface area contributed by atoms with Crippen LogP contribution in [0.2, 0.25) is 0 Å². The summed E-state index contributed by atoms with van der Waals surface area (Å²) in [4.78, 5) is 16.5. The second kappa shape index (κ2) is 4.02. The smallest absolute Gasteiger partial charge is 0.272 e. The molecule has 2 aromatic rings. The van der Waals surface area contributed by atoms with Gasteiger partial charge < -0.3 is 0 Å². The predicted octanol–water partition coefficient (Wildman–Crippen LogP) is 2.32. The van der Waals surface area contributed by atoms with E-state index in [0.29, 0.717) is 11.8 Å². The molecule has 0 unspecified atom stereocenters. The van der Waals surface area contributed by atoms with Crippen molar-refractivity contribution in [2.45, 2.75) is 38.5 Å². The van der Waals surface area contributed by atoms with Gasteiger partial charge in [-0.05, 0) is 12.3 Å². The fraction of sp³-hybridized carbons (Fsp3) is 0.538. The molecule has 2 heterocycles. The number of aromatic nitrogens is 3. The Bertz CT molecular complexity index is 584. The molecular formula is C13H17N3O. The first-order chi connectivity index (χ1) is 8.25. The molecule has 0 radical (unpaired) electrons. The average molecular weight is 231 g/mol. The normalized spacial score (nSPS) is 25.2. The van der Waals surface area contributed by atoms with Crippen molar-refractivity contribution in [1.82, 2.24) is 14.6 Å². The fourth-order valence-corrected chi connectivity index (χ4v) is 2.89. The van der Waals surface area contributed by atoms with E-state index in [0.717, 1.165) is 17.8 Å². The highest BCUT2D eigenvalue weighted by molar-refractivity contribution is 5.37. The SMILES string of the molecule is C[C@@H]1CCCC[C@@H]1c1cc(=O)n2[nH]ccc2n1. The van der Waals surface area contributed by atoms with E-state index in [1.54, 1.807) is 12.3 Å². The van der Waals surface area contributed by atoms with Crippen LogP contribution < -0.4 is 5.56 Å². The van der Waals surface area contributed by atoms with Gasteiger partial charge in [-0.15, -0.1) is 0 Å². The van der Waals surface area contributed by atoms with Crippen LogP contribution in [0.25, 0.3) is 5.65 Å². The van der Waals surface area contributed by atoms with Crippen LogP contribution in [0.3, 0.4) is 0 Å². The summed E-state index contributed by atoms with van der Waals surface area (Å²) in [6, 6.07) is 3.54. The third-order valence-electron chi connectivity index (χ3n) is 3.89. The quantitative estimate of drug-likeness (QED) is 0.818. The van der Waals surface area contributed by atoms with Crippen LogP contribution in [0.1, 0.15) is 44.2 Å². The first kappa shape index (κ1) is 10.6. The standard InChI is InChI=1S/C13H17N3O/c1-9-4-2-3-5-10(9)11-8-13(17)16-12(15-11)6-7-14-16/h6-10,14H,2-5H2,1H3/t9-,10+/m1/s1. The van der Waals surface area contributed by atoms with E-state index in [9.17, 15) is 4.79 Å². The molecule has 0 aliphatic heterocycles. The minimum atomic E-state index is -0.00669. The van der Waals surface area contributed by atoms with Gasteiger partial charge in [0.15, 0.2) is 5.65 Å². The second-order valence-corrected chi connectivity index (χ2v) is 5.04. The highest BCUT2D eigenvalue weighted by Crippen LogP contribution is 2.36. The van der Waals surface area contributed by atoms with Crippen LogP contribution in [-0.2, 0) is 0 Å². The van der Waals surface area contributed by atoms with Crippen LogP contribution in [0.5, 0.6) is 0 Å². The maximum Gasteiger partial charge on any atom is 0.272 e. The van der Waals surface area contributed by atoms with Crippen molar-refractivity contribution in [3.63, 3.8) is 0 Å². The van der Waals surface area contributed by atoms with Gasteiger partial charge in [-0.2, -0.15) is 0 Å². The van der Waals surface area contributed by atoms with Gasteiger partial charge in [-0.25, -0.2) is 9.50 Å². The Balaban J connectivity index is 2.07. The van der Waals surface area contributed by atoms with Crippen molar-refractivity contribution >= 4 is 5.65 Å². The van der Waals surface area contributed by atoms with Gasteiger partial charge in [0.2, 0.25) is 0 Å². The molecule has 2 aromatic heterocycles. The molecule has 4 nitrogen and oxygen atoms in total. The molecule has 2 atom stereocenters. The number of hydrogen-bond acceptors (Lipinski definition) is 2. The summed E-state index contributed by atoms with van der Waals surface area (Å²) < 4.78 is 1.48. The average Bonchev–Trinajstić information content (AvgIpc) is 2.78. The van der Waals surface area contributed by atoms with E-state index in [2.05, 4.69) is 17.0 Å². The van der Waals surface area contributed by atoms with Crippen LogP contribution in [0.15, 0.2) is 23.1 Å². The lowest BCUT2D eigenvalue weighted by Gasteiger charge is -2.28. The lowest BCUT2D eigenvalue weighted by atomic mass is 9.78. The summed E-state index contributed by atoms with van der Waals surface area (Å²) in [6.07, 6.45) is 6.72. The zero-order chi connectivity index (χ0) is 11.8. The highest BCUT2D eigenvalue weighted by Gasteiger charge is 2.24. The minimum absolute atomic E-state index is 0.00669. The zero-order valence-electron chi connectivity index (χ0n) is 10.0. The second-order valence-electron chi connectivity index (χ2n) is 5.04. The maximum atomic E-state index is 11.9. The highest BCUT2D eigenvalue weighted by atomic mass is 16.1. The van der Waals surface area contributed by atoms with E-state index in [1.165, 1.54) is 23.8 Å². The third-order valence-corrected chi connectivity index (χ3v) is 3.89. The third kappa shape index (κ3) is 1.77. The number of H-pyrrole nitrogens is 1. The Labute approximate surface area is 99.7 Å². The molecule has 0 saturated heterocycles. The predicted molar refractivity (Wildman–Crippen MR) is 66.2 cm³/mol. The molecule has 0 amide bonds. The largest absolute Gasteiger partial charge is 0.297 e. The zero-order valence-corrected chi connectivity index (χ0v) is 10.0. The maximum absolute atomic E-state index is 11.9. The van der Waals surface area contributed by atoms with Gasteiger partial charge in [0.1, 0.15) is 0 Å². The van der Waals surface area contributed by atoms with Crippen LogP contribution >= 0.6 is 0 Å². The topological polar surface area (TPSA) is 50.2 Å². The Hall–Kier alpha value is -1.58. The Morgan fingerprint density at radius 3 is 3.06 bits per heavy atom. The lowest BCUT2D eigenvalue weighted by Crippen LogP contribution is -2.21. The van der Waals surface area contributed by atoms with Crippen molar-refractivity contribution in [2.24, 2.45) is 5.92 Å². The summed E-state index contributed by atoms with van der Waals surface area (Å²) >= 11 is 0. The number of fused-ring (bicyclic) bond motifs is 1. The van der Waals surface area contributed by atoms with Gasteiger partial charge in [0.05, 0.1) is 5.69 Å². The van der Waals surface area contributed by atoms with Crippen molar-refractivity contribution in [1.29, 1.82) is 0 Å². The van der Waals surface area contributed by atoms with E-state index in [1.807, 2.05) is 6.07 Å². The van der Waals surface area contributed by atoms with Crippen molar-refractivity contribution in [2.75, 3.05) is 0 Å². The van der Waals surface area contributed by atoms with Crippen LogP contribution in [-0.4, -0.2) is 14.6 Å². The molecule has 0 spiro atoms. The Kier molecular flexibility index (Phi) is 2.50. The first-order valence-corrected chi connectivity index (χ1v) is 6.33. The molecule has 1 aliphatic rings. The Morgan fingerprint density at radius 2 is 2.24 bits per heavy atom. The van der Waals surface area contributed by atoms with Crippen molar-refractivity contribution in [3.8, 4) is 0 Å². The van der Waals surface area contributed by atoms with Crippen LogP contribution in [0.4, 0.5) is 0 Å². The number of hydrogen-bond donors (Lipinski definition) is 1. The summed E-state index contributed by atoms with van der Waals surface area (Å²) in [5.74, 6) is 1.09. The van der Waals surface area contributed by atoms with Gasteiger partial charge in [-0.1, -0.05) is 26.2 Å². The fourth-order valence-electron chi connectivity index (χ4n) is 2.89. The summed E-state index contributed by atoms with van der Waals surface area (Å²) in [5, 5.41) is 2.87. The van der Waals surface area contributed by atoms with E-state index in [-0.39, 0.29) is 5.56 Å². The van der Waals surface area contributed by atoms with Crippen molar-refractivity contribution in [3.05, 3.63) is 34.4 Å². The molecular weight excluding hydrogens is 214 g/mol. The monoisotopic (exact) mass is 231 g/mol. The van der Waals surface area contributed by atoms with Crippen molar-refractivity contribution < 1.29 is 0 Å². The molecule has 1 saturated carbocycles. The van der Waals surface area contributed by atoms with Crippen LogP contribution in [0, 0.1) is 5.92 Å². The lowest BCUT2D eigenvalue weighted by molar-refractivity contribution is 0.325. The number of nitrogens with zero attached hydrogens (tertiary/aromatic N) is 2.